The minimum Gasteiger partial charge on any atom is -0.489 e. The van der Waals surface area contributed by atoms with Gasteiger partial charge in [0.05, 0.1) is 0 Å². The number of allylic oxidation sites excluding steroid dienone is 1. The summed E-state index contributed by atoms with van der Waals surface area (Å²) < 4.78 is 24.9. The summed E-state index contributed by atoms with van der Waals surface area (Å²) >= 11 is 0. The van der Waals surface area contributed by atoms with E-state index in [-0.39, 0.29) is 24.1 Å². The zero-order valence-corrected chi connectivity index (χ0v) is 17.4. The van der Waals surface area contributed by atoms with Gasteiger partial charge in [-0.15, -0.1) is 0 Å². The Morgan fingerprint density at radius 1 is 1.07 bits per heavy atom. The van der Waals surface area contributed by atoms with Crippen LogP contribution >= 0.6 is 0 Å². The van der Waals surface area contributed by atoms with E-state index in [2.05, 4.69) is 0 Å². The number of carboxylic acids is 1. The number of hydrogen-bond donors (Lipinski definition) is 1. The van der Waals surface area contributed by atoms with E-state index in [1.165, 1.54) is 18.2 Å². The molecule has 0 saturated carbocycles. The summed E-state index contributed by atoms with van der Waals surface area (Å²) in [6.45, 7) is 6.25. The van der Waals surface area contributed by atoms with Crippen molar-refractivity contribution in [1.82, 2.24) is 4.90 Å². The number of amides is 1. The second-order valence-corrected chi connectivity index (χ2v) is 6.59. The van der Waals surface area contributed by atoms with E-state index >= 15 is 0 Å². The molecule has 2 aromatic carbocycles. The summed E-state index contributed by atoms with van der Waals surface area (Å²) in [5, 5.41) is 8.88. The molecule has 0 atom stereocenters. The lowest BCUT2D eigenvalue weighted by Crippen LogP contribution is -2.28. The van der Waals surface area contributed by atoms with Gasteiger partial charge in [0.2, 0.25) is 5.91 Å². The van der Waals surface area contributed by atoms with E-state index < -0.39 is 12.6 Å². The molecule has 0 spiro atoms. The second kappa shape index (κ2) is 11.0. The number of rotatable bonds is 10. The van der Waals surface area contributed by atoms with Crippen LogP contribution in [0.3, 0.4) is 0 Å². The maximum absolute atomic E-state index is 13.9. The van der Waals surface area contributed by atoms with E-state index in [9.17, 15) is 14.0 Å². The Labute approximate surface area is 175 Å². The van der Waals surface area contributed by atoms with Crippen LogP contribution in [0.15, 0.2) is 48.5 Å². The molecule has 1 N–H and O–H groups in total. The molecule has 2 rings (SSSR count). The lowest BCUT2D eigenvalue weighted by Gasteiger charge is -2.17. The highest BCUT2D eigenvalue weighted by molar-refractivity contribution is 5.95. The third-order valence-electron chi connectivity index (χ3n) is 4.46. The molecule has 0 saturated heterocycles. The van der Waals surface area contributed by atoms with Crippen LogP contribution in [0.1, 0.15) is 31.9 Å². The molecular formula is C23H26FNO5. The average Bonchev–Trinajstić information content (AvgIpc) is 2.72. The largest absolute Gasteiger partial charge is 0.489 e. The normalized spacial score (nSPS) is 11.1. The Hall–Kier alpha value is -3.35. The first-order valence-electron chi connectivity index (χ1n) is 9.67. The lowest BCUT2D eigenvalue weighted by molar-refractivity contribution is -0.139. The van der Waals surface area contributed by atoms with Gasteiger partial charge >= 0.3 is 5.97 Å². The van der Waals surface area contributed by atoms with Crippen LogP contribution in [0.4, 0.5) is 4.39 Å². The summed E-state index contributed by atoms with van der Waals surface area (Å²) in [7, 11) is 0. The van der Waals surface area contributed by atoms with Gasteiger partial charge in [0.1, 0.15) is 23.9 Å². The predicted octanol–water partition coefficient (Wildman–Crippen LogP) is 4.14. The smallest absolute Gasteiger partial charge is 0.341 e. The lowest BCUT2D eigenvalue weighted by atomic mass is 10.1. The average molecular weight is 415 g/mol. The summed E-state index contributed by atoms with van der Waals surface area (Å²) in [5.41, 5.74) is 1.70. The Bertz CT molecular complexity index is 922. The van der Waals surface area contributed by atoms with Gasteiger partial charge in [-0.3, -0.25) is 4.79 Å². The molecule has 0 aliphatic carbocycles. The summed E-state index contributed by atoms with van der Waals surface area (Å²) in [6, 6.07) is 11.2. The summed E-state index contributed by atoms with van der Waals surface area (Å²) in [5.74, 6) is -0.959. The van der Waals surface area contributed by atoms with Gasteiger partial charge in [0.15, 0.2) is 6.61 Å². The van der Waals surface area contributed by atoms with Crippen molar-refractivity contribution in [2.75, 3.05) is 19.7 Å². The van der Waals surface area contributed by atoms with Crippen LogP contribution in [-0.2, 0) is 16.2 Å². The van der Waals surface area contributed by atoms with Gasteiger partial charge in [-0.1, -0.05) is 18.2 Å². The standard InChI is InChI=1S/C23H26FNO5/c1-4-25(5-2)22(26)10-16(3)18-11-19(13-20(12-18)30-15-23(27)28)29-14-17-8-6-7-9-21(17)24/h6-13H,4-5,14-15H2,1-3H3,(H,27,28)/b16-10-. The zero-order valence-electron chi connectivity index (χ0n) is 17.4. The molecule has 0 fully saturated rings. The number of nitrogens with zero attached hydrogens (tertiary/aromatic N) is 1. The van der Waals surface area contributed by atoms with Crippen molar-refractivity contribution < 1.29 is 28.6 Å². The van der Waals surface area contributed by atoms with Crippen LogP contribution in [0.25, 0.3) is 5.57 Å². The molecule has 0 heterocycles. The molecule has 7 heteroatoms. The number of halogens is 1. The van der Waals surface area contributed by atoms with Crippen molar-refractivity contribution in [2.45, 2.75) is 27.4 Å². The van der Waals surface area contributed by atoms with Crippen LogP contribution in [0, 0.1) is 5.82 Å². The van der Waals surface area contributed by atoms with Crippen LogP contribution in [0.2, 0.25) is 0 Å². The number of benzene rings is 2. The highest BCUT2D eigenvalue weighted by atomic mass is 19.1. The first kappa shape index (κ1) is 22.9. The number of carbonyl (C=O) groups excluding carboxylic acids is 1. The minimum atomic E-state index is -1.11. The maximum Gasteiger partial charge on any atom is 0.341 e. The fraction of sp³-hybridized carbons (Fsp3) is 0.304. The second-order valence-electron chi connectivity index (χ2n) is 6.59. The zero-order chi connectivity index (χ0) is 22.1. The Balaban J connectivity index is 2.30. The van der Waals surface area contributed by atoms with Crippen LogP contribution < -0.4 is 9.47 Å². The van der Waals surface area contributed by atoms with Gasteiger partial charge in [0, 0.05) is 30.8 Å². The Morgan fingerprint density at radius 3 is 2.30 bits per heavy atom. The first-order valence-corrected chi connectivity index (χ1v) is 9.67. The van der Waals surface area contributed by atoms with Gasteiger partial charge in [-0.25, -0.2) is 9.18 Å². The van der Waals surface area contributed by atoms with E-state index in [1.54, 1.807) is 42.2 Å². The molecule has 160 valence electrons. The number of aliphatic carboxylic acids is 1. The molecule has 0 bridgehead atoms. The molecule has 0 aromatic heterocycles. The quantitative estimate of drug-likeness (QED) is 0.590. The van der Waals surface area contributed by atoms with Crippen molar-refractivity contribution in [3.63, 3.8) is 0 Å². The highest BCUT2D eigenvalue weighted by Crippen LogP contribution is 2.28. The number of carbonyl (C=O) groups is 2. The van der Waals surface area contributed by atoms with Crippen LogP contribution in [-0.4, -0.2) is 41.6 Å². The Morgan fingerprint density at radius 2 is 1.70 bits per heavy atom. The van der Waals surface area contributed by atoms with E-state index in [0.717, 1.165) is 0 Å². The molecular weight excluding hydrogens is 389 g/mol. The van der Waals surface area contributed by atoms with Crippen molar-refractivity contribution in [3.05, 3.63) is 65.5 Å². The molecule has 0 aliphatic rings. The van der Waals surface area contributed by atoms with Crippen LogP contribution in [0.5, 0.6) is 11.5 Å². The molecule has 30 heavy (non-hydrogen) atoms. The fourth-order valence-corrected chi connectivity index (χ4v) is 2.78. The highest BCUT2D eigenvalue weighted by Gasteiger charge is 2.11. The van der Waals surface area contributed by atoms with E-state index in [4.69, 9.17) is 14.6 Å². The molecule has 0 aliphatic heterocycles. The SMILES string of the molecule is CCN(CC)C(=O)/C=C(/C)c1cc(OCC(=O)O)cc(OCc2ccccc2F)c1. The number of carboxylic acid groups (broad SMARTS) is 1. The molecule has 0 radical (unpaired) electrons. The molecule has 1 amide bonds. The maximum atomic E-state index is 13.9. The number of ether oxygens (including phenoxy) is 2. The Kier molecular flexibility index (Phi) is 8.41. The van der Waals surface area contributed by atoms with Crippen molar-refractivity contribution in [1.29, 1.82) is 0 Å². The first-order chi connectivity index (χ1) is 14.3. The van der Waals surface area contributed by atoms with Gasteiger partial charge in [-0.05, 0) is 50.1 Å². The van der Waals surface area contributed by atoms with Gasteiger partial charge < -0.3 is 19.5 Å². The molecule has 2 aromatic rings. The van der Waals surface area contributed by atoms with Gasteiger partial charge in [0.25, 0.3) is 0 Å². The topological polar surface area (TPSA) is 76.1 Å². The van der Waals surface area contributed by atoms with Crippen molar-refractivity contribution >= 4 is 17.4 Å². The molecule has 0 unspecified atom stereocenters. The minimum absolute atomic E-state index is 0.00433. The third-order valence-corrected chi connectivity index (χ3v) is 4.46. The molecule has 6 nitrogen and oxygen atoms in total. The van der Waals surface area contributed by atoms with E-state index in [1.807, 2.05) is 13.8 Å². The van der Waals surface area contributed by atoms with Crippen molar-refractivity contribution in [2.24, 2.45) is 0 Å². The van der Waals surface area contributed by atoms with E-state index in [0.29, 0.717) is 35.5 Å². The van der Waals surface area contributed by atoms with Crippen molar-refractivity contribution in [3.8, 4) is 11.5 Å². The number of hydrogen-bond acceptors (Lipinski definition) is 4. The summed E-state index contributed by atoms with van der Waals surface area (Å²) in [4.78, 5) is 24.9. The monoisotopic (exact) mass is 415 g/mol. The predicted molar refractivity (Wildman–Crippen MR) is 112 cm³/mol. The fourth-order valence-electron chi connectivity index (χ4n) is 2.78. The van der Waals surface area contributed by atoms with Gasteiger partial charge in [-0.2, -0.15) is 0 Å². The number of likely N-dealkylation sites (N-methyl/N-ethyl adjacent to an activating group) is 1. The third kappa shape index (κ3) is 6.62. The summed E-state index contributed by atoms with van der Waals surface area (Å²) in [6.07, 6.45) is 1.52.